The third kappa shape index (κ3) is 3.77. The minimum atomic E-state index is -0.550. The van der Waals surface area contributed by atoms with Gasteiger partial charge in [0.05, 0.1) is 22.2 Å². The second-order valence-corrected chi connectivity index (χ2v) is 6.70. The summed E-state index contributed by atoms with van der Waals surface area (Å²) in [6, 6.07) is 11.3. The summed E-state index contributed by atoms with van der Waals surface area (Å²) in [6.45, 7) is 1.59. The van der Waals surface area contributed by atoms with Crippen molar-refractivity contribution in [1.82, 2.24) is 4.57 Å². The van der Waals surface area contributed by atoms with Gasteiger partial charge in [0.15, 0.2) is 4.80 Å². The van der Waals surface area contributed by atoms with Gasteiger partial charge in [0.2, 0.25) is 0 Å². The monoisotopic (exact) mass is 385 g/mol. The number of esters is 1. The third-order valence-electron chi connectivity index (χ3n) is 3.96. The molecular formula is C18H15N3O5S. The van der Waals surface area contributed by atoms with E-state index in [-0.39, 0.29) is 17.0 Å². The fraction of sp³-hybridized carbons (Fsp3) is 0.167. The van der Waals surface area contributed by atoms with Crippen LogP contribution in [0.3, 0.4) is 0 Å². The molecule has 9 heteroatoms. The molecule has 0 fully saturated rings. The highest BCUT2D eigenvalue weighted by Gasteiger charge is 2.16. The van der Waals surface area contributed by atoms with E-state index in [1.807, 2.05) is 6.07 Å². The molecule has 0 aliphatic heterocycles. The fourth-order valence-corrected chi connectivity index (χ4v) is 3.57. The molecule has 2 aromatic carbocycles. The number of carbonyl (C=O) groups is 2. The molecule has 0 saturated heterocycles. The number of non-ortho nitro benzene ring substituents is 1. The van der Waals surface area contributed by atoms with Crippen molar-refractivity contribution in [3.05, 3.63) is 68.5 Å². The number of rotatable bonds is 4. The van der Waals surface area contributed by atoms with E-state index in [0.717, 1.165) is 5.56 Å². The molecule has 0 unspecified atom stereocenters. The van der Waals surface area contributed by atoms with Crippen LogP contribution >= 0.6 is 11.3 Å². The molecule has 0 bridgehead atoms. The van der Waals surface area contributed by atoms with E-state index in [1.54, 1.807) is 31.2 Å². The van der Waals surface area contributed by atoms with Crippen molar-refractivity contribution in [3.8, 4) is 0 Å². The van der Waals surface area contributed by atoms with E-state index in [9.17, 15) is 19.7 Å². The first-order valence-corrected chi connectivity index (χ1v) is 8.71. The Morgan fingerprint density at radius 1 is 1.26 bits per heavy atom. The molecule has 0 aliphatic rings. The molecule has 0 N–H and O–H groups in total. The van der Waals surface area contributed by atoms with Crippen molar-refractivity contribution in [3.63, 3.8) is 0 Å². The number of amides is 1. The van der Waals surface area contributed by atoms with Gasteiger partial charge < -0.3 is 9.30 Å². The zero-order valence-corrected chi connectivity index (χ0v) is 15.4. The van der Waals surface area contributed by atoms with Gasteiger partial charge in [0.25, 0.3) is 11.6 Å². The molecule has 3 rings (SSSR count). The number of hydrogen-bond acceptors (Lipinski definition) is 6. The van der Waals surface area contributed by atoms with Crippen molar-refractivity contribution in [1.29, 1.82) is 0 Å². The van der Waals surface area contributed by atoms with E-state index < -0.39 is 16.8 Å². The molecule has 8 nitrogen and oxygen atoms in total. The lowest BCUT2D eigenvalue weighted by Crippen LogP contribution is -2.22. The van der Waals surface area contributed by atoms with Gasteiger partial charge in [0.1, 0.15) is 6.54 Å². The molecule has 0 aliphatic carbocycles. The Kier molecular flexibility index (Phi) is 5.13. The number of nitro groups is 1. The molecule has 0 atom stereocenters. The normalized spacial score (nSPS) is 11.6. The van der Waals surface area contributed by atoms with E-state index in [1.165, 1.54) is 35.1 Å². The Balaban J connectivity index is 2.20. The van der Waals surface area contributed by atoms with E-state index in [2.05, 4.69) is 4.99 Å². The van der Waals surface area contributed by atoms with Crippen LogP contribution in [0.5, 0.6) is 0 Å². The first-order chi connectivity index (χ1) is 12.9. The maximum atomic E-state index is 12.6. The quantitative estimate of drug-likeness (QED) is 0.390. The van der Waals surface area contributed by atoms with Crippen LogP contribution in [0.1, 0.15) is 15.9 Å². The van der Waals surface area contributed by atoms with Crippen molar-refractivity contribution in [2.24, 2.45) is 4.99 Å². The summed E-state index contributed by atoms with van der Waals surface area (Å²) < 4.78 is 6.82. The minimum absolute atomic E-state index is 0.115. The summed E-state index contributed by atoms with van der Waals surface area (Å²) in [7, 11) is 1.25. The molecule has 0 saturated carbocycles. The maximum absolute atomic E-state index is 12.6. The van der Waals surface area contributed by atoms with E-state index in [4.69, 9.17) is 4.74 Å². The maximum Gasteiger partial charge on any atom is 0.325 e. The number of aromatic nitrogens is 1. The molecule has 0 spiro atoms. The fourth-order valence-electron chi connectivity index (χ4n) is 2.56. The SMILES string of the molecule is COC(=O)Cn1c(=NC(=O)c2ccccc2C)sc2ccc([N+](=O)[O-])cc21. The van der Waals surface area contributed by atoms with Crippen LogP contribution in [-0.2, 0) is 16.1 Å². The van der Waals surface area contributed by atoms with Crippen LogP contribution in [0.2, 0.25) is 0 Å². The summed E-state index contributed by atoms with van der Waals surface area (Å²) in [5, 5.41) is 11.1. The number of hydrogen-bond donors (Lipinski definition) is 0. The average molecular weight is 385 g/mol. The smallest absolute Gasteiger partial charge is 0.325 e. The first-order valence-electron chi connectivity index (χ1n) is 7.90. The molecule has 0 radical (unpaired) electrons. The third-order valence-corrected chi connectivity index (χ3v) is 5.02. The van der Waals surface area contributed by atoms with Crippen molar-refractivity contribution in [2.45, 2.75) is 13.5 Å². The molecular weight excluding hydrogens is 370 g/mol. The molecule has 1 amide bonds. The topological polar surface area (TPSA) is 104 Å². The number of nitrogens with zero attached hydrogens (tertiary/aromatic N) is 3. The average Bonchev–Trinajstić information content (AvgIpc) is 2.98. The molecule has 1 heterocycles. The number of benzene rings is 2. The van der Waals surface area contributed by atoms with Gasteiger partial charge in [-0.2, -0.15) is 4.99 Å². The number of carbonyl (C=O) groups excluding carboxylic acids is 2. The van der Waals surface area contributed by atoms with Crippen molar-refractivity contribution >= 4 is 39.1 Å². The van der Waals surface area contributed by atoms with Gasteiger partial charge in [-0.15, -0.1) is 0 Å². The van der Waals surface area contributed by atoms with Gasteiger partial charge >= 0.3 is 5.97 Å². The van der Waals surface area contributed by atoms with Gasteiger partial charge in [0, 0.05) is 17.7 Å². The second kappa shape index (κ2) is 7.50. The Morgan fingerprint density at radius 3 is 2.67 bits per heavy atom. The van der Waals surface area contributed by atoms with Crippen LogP contribution in [0.15, 0.2) is 47.5 Å². The van der Waals surface area contributed by atoms with Gasteiger partial charge in [-0.3, -0.25) is 19.7 Å². The van der Waals surface area contributed by atoms with Crippen LogP contribution in [0, 0.1) is 17.0 Å². The van der Waals surface area contributed by atoms with Gasteiger partial charge in [-0.25, -0.2) is 0 Å². The molecule has 3 aromatic rings. The van der Waals surface area contributed by atoms with Crippen molar-refractivity contribution in [2.75, 3.05) is 7.11 Å². The predicted molar refractivity (Wildman–Crippen MR) is 99.6 cm³/mol. The Hall–Kier alpha value is -3.33. The zero-order valence-electron chi connectivity index (χ0n) is 14.5. The predicted octanol–water partition coefficient (Wildman–Crippen LogP) is 2.83. The second-order valence-electron chi connectivity index (χ2n) is 5.69. The molecule has 1 aromatic heterocycles. The molecule has 27 heavy (non-hydrogen) atoms. The Labute approximate surface area is 157 Å². The number of fused-ring (bicyclic) bond motifs is 1. The number of thiazole rings is 1. The zero-order chi connectivity index (χ0) is 19.6. The Bertz CT molecular complexity index is 1130. The number of ether oxygens (including phenoxy) is 1. The van der Waals surface area contributed by atoms with E-state index in [0.29, 0.717) is 15.8 Å². The minimum Gasteiger partial charge on any atom is -0.468 e. The number of methoxy groups -OCH3 is 1. The largest absolute Gasteiger partial charge is 0.468 e. The summed E-state index contributed by atoms with van der Waals surface area (Å²) in [4.78, 5) is 39.4. The van der Waals surface area contributed by atoms with Crippen LogP contribution in [0.4, 0.5) is 5.69 Å². The standard InChI is InChI=1S/C18H15N3O5S/c1-11-5-3-4-6-13(11)17(23)19-18-20(10-16(22)26-2)14-9-12(21(24)25)7-8-15(14)27-18/h3-9H,10H2,1-2H3. The number of nitro benzene ring substituents is 1. The van der Waals surface area contributed by atoms with Gasteiger partial charge in [-0.05, 0) is 24.6 Å². The summed E-state index contributed by atoms with van der Waals surface area (Å²) in [5.74, 6) is -1.00. The highest BCUT2D eigenvalue weighted by molar-refractivity contribution is 7.16. The Morgan fingerprint density at radius 2 is 2.00 bits per heavy atom. The van der Waals surface area contributed by atoms with Gasteiger partial charge in [-0.1, -0.05) is 29.5 Å². The van der Waals surface area contributed by atoms with E-state index >= 15 is 0 Å². The first kappa shape index (κ1) is 18.5. The highest BCUT2D eigenvalue weighted by Crippen LogP contribution is 2.23. The van der Waals surface area contributed by atoms with Crippen LogP contribution < -0.4 is 4.80 Å². The summed E-state index contributed by atoms with van der Waals surface area (Å²) >= 11 is 1.17. The van der Waals surface area contributed by atoms with Crippen molar-refractivity contribution < 1.29 is 19.2 Å². The number of aryl methyl sites for hydroxylation is 1. The lowest BCUT2D eigenvalue weighted by Gasteiger charge is -2.04. The summed E-state index contributed by atoms with van der Waals surface area (Å²) in [6.07, 6.45) is 0. The molecule has 138 valence electrons. The highest BCUT2D eigenvalue weighted by atomic mass is 32.1. The van der Waals surface area contributed by atoms with Crippen LogP contribution in [-0.4, -0.2) is 28.5 Å². The lowest BCUT2D eigenvalue weighted by molar-refractivity contribution is -0.384. The lowest BCUT2D eigenvalue weighted by atomic mass is 10.1. The van der Waals surface area contributed by atoms with Crippen LogP contribution in [0.25, 0.3) is 10.2 Å². The summed E-state index contributed by atoms with van der Waals surface area (Å²) in [5.41, 5.74) is 1.56.